The predicted molar refractivity (Wildman–Crippen MR) is 196 cm³/mol. The third kappa shape index (κ3) is 6.11. The van der Waals surface area contributed by atoms with Gasteiger partial charge in [0.25, 0.3) is 0 Å². The van der Waals surface area contributed by atoms with E-state index in [1.54, 1.807) is 0 Å². The van der Waals surface area contributed by atoms with E-state index >= 15 is 8.78 Å². The molecule has 2 bridgehead atoms. The molecule has 10 nitrogen and oxygen atoms in total. The quantitative estimate of drug-likeness (QED) is 0.203. The molecular formula is C41H45F2N5O5. The normalized spacial score (nSPS) is 26.2. The molecule has 6 heterocycles. The summed E-state index contributed by atoms with van der Waals surface area (Å²) in [6.45, 7) is 6.19. The van der Waals surface area contributed by atoms with Gasteiger partial charge in [-0.15, -0.1) is 6.42 Å². The number of benzene rings is 2. The summed E-state index contributed by atoms with van der Waals surface area (Å²) >= 11 is 0. The first-order valence-electron chi connectivity index (χ1n) is 19.0. The zero-order valence-electron chi connectivity index (χ0n) is 30.1. The van der Waals surface area contributed by atoms with Crippen LogP contribution < -0.4 is 14.4 Å². The minimum absolute atomic E-state index is 0.0315. The lowest BCUT2D eigenvalue weighted by Crippen LogP contribution is -2.53. The van der Waals surface area contributed by atoms with E-state index in [4.69, 9.17) is 35.3 Å². The molecule has 4 aromatic rings. The molecule has 4 atom stereocenters. The van der Waals surface area contributed by atoms with Crippen molar-refractivity contribution < 1.29 is 32.8 Å². The monoisotopic (exact) mass is 725 g/mol. The number of methoxy groups -OCH3 is 1. The average molecular weight is 726 g/mol. The predicted octanol–water partition coefficient (Wildman–Crippen LogP) is 6.48. The highest BCUT2D eigenvalue weighted by Gasteiger charge is 2.49. The Balaban J connectivity index is 1.15. The van der Waals surface area contributed by atoms with Crippen LogP contribution in [0.4, 0.5) is 14.6 Å². The van der Waals surface area contributed by atoms with E-state index in [1.807, 2.05) is 0 Å². The molecule has 5 aliphatic rings. The second-order valence-corrected chi connectivity index (χ2v) is 15.7. The summed E-state index contributed by atoms with van der Waals surface area (Å²) in [7, 11) is 1.46. The van der Waals surface area contributed by atoms with Crippen molar-refractivity contribution in [3.8, 4) is 41.2 Å². The zero-order valence-corrected chi connectivity index (χ0v) is 30.1. The molecule has 0 amide bonds. The molecule has 0 spiro atoms. The summed E-state index contributed by atoms with van der Waals surface area (Å²) in [6.07, 6.45) is 14.5. The van der Waals surface area contributed by atoms with Gasteiger partial charge < -0.3 is 29.0 Å². The van der Waals surface area contributed by atoms with Crippen LogP contribution in [0, 0.1) is 41.2 Å². The SMILES string of the molecule is C#Cc1c(F)ccc2cc(O)cc(-c3nc(OC)c4c(N5CC6COC(C6)C5)nc(OC[C@]56CCC[C@H]5N(CC5CCOCC5)CCC6)nc4c3F)c12. The molecule has 0 radical (unpaired) electrons. The molecule has 9 rings (SSSR count). The van der Waals surface area contributed by atoms with Crippen LogP contribution in [0.2, 0.25) is 0 Å². The molecule has 1 aliphatic carbocycles. The number of anilines is 1. The first-order chi connectivity index (χ1) is 25.8. The molecule has 1 N–H and O–H groups in total. The number of fused-ring (bicyclic) bond motifs is 5. The first-order valence-corrected chi connectivity index (χ1v) is 19.0. The number of phenolic OH excluding ortho intramolecular Hbond substituents is 1. The molecular weight excluding hydrogens is 680 g/mol. The van der Waals surface area contributed by atoms with Gasteiger partial charge in [0.1, 0.15) is 34.0 Å². The van der Waals surface area contributed by atoms with Crippen molar-refractivity contribution in [2.24, 2.45) is 17.3 Å². The fourth-order valence-corrected chi connectivity index (χ4v) is 10.0. The molecule has 4 aliphatic heterocycles. The van der Waals surface area contributed by atoms with Crippen molar-refractivity contribution in [1.82, 2.24) is 19.9 Å². The van der Waals surface area contributed by atoms with Gasteiger partial charge in [-0.05, 0) is 81.0 Å². The van der Waals surface area contributed by atoms with Gasteiger partial charge in [0.05, 0.1) is 32.0 Å². The van der Waals surface area contributed by atoms with E-state index in [2.05, 4.69) is 20.7 Å². The third-order valence-corrected chi connectivity index (χ3v) is 12.5. The Morgan fingerprint density at radius 3 is 2.72 bits per heavy atom. The third-order valence-electron chi connectivity index (χ3n) is 12.5. The van der Waals surface area contributed by atoms with E-state index in [1.165, 1.54) is 31.4 Å². The number of phenols is 1. The lowest BCUT2D eigenvalue weighted by atomic mass is 9.75. The van der Waals surface area contributed by atoms with Crippen LogP contribution in [-0.4, -0.2) is 96.8 Å². The number of pyridine rings is 1. The first kappa shape index (κ1) is 34.5. The van der Waals surface area contributed by atoms with Crippen LogP contribution in [0.25, 0.3) is 32.9 Å². The van der Waals surface area contributed by atoms with Crippen LogP contribution >= 0.6 is 0 Å². The number of aromatic hydroxyl groups is 1. The Bertz CT molecular complexity index is 2090. The van der Waals surface area contributed by atoms with Gasteiger partial charge in [-0.3, -0.25) is 4.90 Å². The molecule has 278 valence electrons. The number of halogens is 2. The number of nitrogens with zero attached hydrogens (tertiary/aromatic N) is 5. The Hall–Kier alpha value is -4.31. The van der Waals surface area contributed by atoms with E-state index in [0.717, 1.165) is 77.7 Å². The van der Waals surface area contributed by atoms with Gasteiger partial charge >= 0.3 is 6.01 Å². The van der Waals surface area contributed by atoms with Crippen LogP contribution in [0.5, 0.6) is 17.6 Å². The molecule has 5 fully saturated rings. The van der Waals surface area contributed by atoms with Crippen LogP contribution in [-0.2, 0) is 9.47 Å². The molecule has 4 saturated heterocycles. The van der Waals surface area contributed by atoms with Crippen LogP contribution in [0.1, 0.15) is 56.9 Å². The maximum Gasteiger partial charge on any atom is 0.319 e. The summed E-state index contributed by atoms with van der Waals surface area (Å²) in [6, 6.07) is 6.02. The standard InChI is InChI=1S/C41H45F2N5O5/c1-3-29-31(42)8-7-26-17-27(49)18-30(33(26)29)36-35(43)37-34(39(44-36)50-2)38(48-20-25-16-28(21-48)52-22-25)46-40(45-37)53-23-41-11-4-6-32(41)47(13-5-12-41)19-24-9-14-51-15-10-24/h1,7-8,17-18,24-25,28,32,49H,4-6,9-16,19-23H2,2H3/t25?,28?,32-,41-/m1/s1. The lowest BCUT2D eigenvalue weighted by molar-refractivity contribution is -0.0203. The van der Waals surface area contributed by atoms with E-state index in [-0.39, 0.29) is 56.9 Å². The van der Waals surface area contributed by atoms with Gasteiger partial charge in [-0.1, -0.05) is 18.4 Å². The number of aromatic nitrogens is 3. The Morgan fingerprint density at radius 1 is 1.06 bits per heavy atom. The van der Waals surface area contributed by atoms with Gasteiger partial charge in [0, 0.05) is 61.2 Å². The van der Waals surface area contributed by atoms with Crippen molar-refractivity contribution in [2.45, 2.75) is 63.5 Å². The maximum atomic E-state index is 17.3. The highest BCUT2D eigenvalue weighted by atomic mass is 19.1. The largest absolute Gasteiger partial charge is 0.508 e. The maximum absolute atomic E-state index is 17.3. The number of hydrogen-bond acceptors (Lipinski definition) is 10. The van der Waals surface area contributed by atoms with Crippen molar-refractivity contribution in [3.05, 3.63) is 41.5 Å². The molecule has 1 saturated carbocycles. The van der Waals surface area contributed by atoms with E-state index in [0.29, 0.717) is 60.8 Å². The van der Waals surface area contributed by atoms with Crippen molar-refractivity contribution in [1.29, 1.82) is 0 Å². The topological polar surface area (TPSA) is 102 Å². The summed E-state index contributed by atoms with van der Waals surface area (Å²) in [4.78, 5) is 19.2. The molecule has 53 heavy (non-hydrogen) atoms. The summed E-state index contributed by atoms with van der Waals surface area (Å²) < 4.78 is 56.5. The second kappa shape index (κ2) is 13.8. The second-order valence-electron chi connectivity index (χ2n) is 15.7. The van der Waals surface area contributed by atoms with Crippen molar-refractivity contribution in [2.75, 3.05) is 64.6 Å². The van der Waals surface area contributed by atoms with E-state index < -0.39 is 11.6 Å². The van der Waals surface area contributed by atoms with Gasteiger partial charge in [-0.2, -0.15) is 9.97 Å². The number of rotatable bonds is 8. The smallest absolute Gasteiger partial charge is 0.319 e. The van der Waals surface area contributed by atoms with Gasteiger partial charge in [0.15, 0.2) is 5.82 Å². The number of hydrogen-bond donors (Lipinski definition) is 1. The Labute approximate surface area is 307 Å². The van der Waals surface area contributed by atoms with Gasteiger partial charge in [-0.25, -0.2) is 13.8 Å². The van der Waals surface area contributed by atoms with Crippen LogP contribution in [0.3, 0.4) is 0 Å². The lowest BCUT2D eigenvalue weighted by Gasteiger charge is -2.47. The van der Waals surface area contributed by atoms with Crippen molar-refractivity contribution >= 4 is 27.5 Å². The highest BCUT2D eigenvalue weighted by Crippen LogP contribution is 2.49. The molecule has 2 aromatic heterocycles. The fourth-order valence-electron chi connectivity index (χ4n) is 10.0. The van der Waals surface area contributed by atoms with Crippen molar-refractivity contribution in [3.63, 3.8) is 0 Å². The minimum Gasteiger partial charge on any atom is -0.508 e. The van der Waals surface area contributed by atoms with Crippen LogP contribution in [0.15, 0.2) is 24.3 Å². The zero-order chi connectivity index (χ0) is 36.3. The minimum atomic E-state index is -0.776. The Morgan fingerprint density at radius 2 is 1.91 bits per heavy atom. The fraction of sp³-hybridized carbons (Fsp3) is 0.537. The highest BCUT2D eigenvalue weighted by molar-refractivity contribution is 6.04. The summed E-state index contributed by atoms with van der Waals surface area (Å²) in [5, 5.41) is 11.7. The number of likely N-dealkylation sites (tertiary alicyclic amines) is 1. The molecule has 2 aromatic carbocycles. The summed E-state index contributed by atoms with van der Waals surface area (Å²) in [5.41, 5.74) is -0.198. The number of terminal acetylenes is 1. The average Bonchev–Trinajstić information content (AvgIpc) is 3.77. The number of piperidine rings is 2. The molecule has 2 unspecified atom stereocenters. The van der Waals surface area contributed by atoms with E-state index in [9.17, 15) is 5.11 Å². The number of ether oxygens (including phenoxy) is 4. The van der Waals surface area contributed by atoms with Gasteiger partial charge in [0.2, 0.25) is 5.88 Å². The Kier molecular flexibility index (Phi) is 8.99. The summed E-state index contributed by atoms with van der Waals surface area (Å²) in [5.74, 6) is 2.37. The molecule has 12 heteroatoms.